The van der Waals surface area contributed by atoms with Gasteiger partial charge in [-0.2, -0.15) is 5.10 Å². The van der Waals surface area contributed by atoms with Gasteiger partial charge in [-0.1, -0.05) is 0 Å². The van der Waals surface area contributed by atoms with Crippen LogP contribution in [0.4, 0.5) is 5.69 Å². The SMILES string of the molecule is O=C(NC1CC1)C1CCCN(c2cn[nH]c3cnc4nccc4c23)C1. The molecule has 7 nitrogen and oxygen atoms in total. The van der Waals surface area contributed by atoms with Crippen LogP contribution in [0.3, 0.4) is 0 Å². The van der Waals surface area contributed by atoms with Crippen LogP contribution in [0.25, 0.3) is 21.9 Å². The molecule has 2 N–H and O–H groups in total. The van der Waals surface area contributed by atoms with E-state index in [4.69, 9.17) is 0 Å². The molecule has 4 heterocycles. The lowest BCUT2D eigenvalue weighted by molar-refractivity contribution is -0.125. The molecular formula is C18H20N6O. The van der Waals surface area contributed by atoms with Gasteiger partial charge < -0.3 is 10.2 Å². The number of anilines is 1. The average Bonchev–Trinajstić information content (AvgIpc) is 3.33. The highest BCUT2D eigenvalue weighted by Crippen LogP contribution is 2.33. The standard InChI is InChI=1S/C18H20N6O/c25-18(22-12-3-4-12)11-2-1-7-24(10-11)15-9-21-23-14-8-20-17-13(16(14)15)5-6-19-17/h5-6,8-9,11-12,23H,1-4,7,10H2,(H,22,25). The summed E-state index contributed by atoms with van der Waals surface area (Å²) in [7, 11) is 0. The van der Waals surface area contributed by atoms with Crippen molar-refractivity contribution in [3.8, 4) is 0 Å². The fourth-order valence-electron chi connectivity index (χ4n) is 3.74. The van der Waals surface area contributed by atoms with Gasteiger partial charge in [0.2, 0.25) is 5.91 Å². The quantitative estimate of drug-likeness (QED) is 0.764. The molecule has 1 saturated heterocycles. The molecule has 1 atom stereocenters. The van der Waals surface area contributed by atoms with Gasteiger partial charge in [0, 0.05) is 36.1 Å². The molecule has 3 aromatic heterocycles. The zero-order chi connectivity index (χ0) is 16.8. The van der Waals surface area contributed by atoms with Crippen molar-refractivity contribution in [3.05, 3.63) is 24.7 Å². The van der Waals surface area contributed by atoms with Gasteiger partial charge in [0.25, 0.3) is 0 Å². The highest BCUT2D eigenvalue weighted by atomic mass is 16.2. The van der Waals surface area contributed by atoms with Gasteiger partial charge in [0.1, 0.15) is 0 Å². The fraction of sp³-hybridized carbons (Fsp3) is 0.444. The number of aromatic nitrogens is 4. The topological polar surface area (TPSA) is 86.8 Å². The second-order valence-electron chi connectivity index (χ2n) is 7.05. The maximum atomic E-state index is 12.5. The summed E-state index contributed by atoms with van der Waals surface area (Å²) in [4.78, 5) is 23.5. The molecule has 128 valence electrons. The highest BCUT2D eigenvalue weighted by molar-refractivity contribution is 6.09. The van der Waals surface area contributed by atoms with E-state index in [1.165, 1.54) is 0 Å². The number of piperidine rings is 1. The molecule has 1 saturated carbocycles. The summed E-state index contributed by atoms with van der Waals surface area (Å²) < 4.78 is 0. The summed E-state index contributed by atoms with van der Waals surface area (Å²) in [5.41, 5.74) is 2.69. The lowest BCUT2D eigenvalue weighted by atomic mass is 9.96. The van der Waals surface area contributed by atoms with Crippen molar-refractivity contribution < 1.29 is 4.79 Å². The Hall–Kier alpha value is -2.70. The number of hydrogen-bond donors (Lipinski definition) is 2. The second kappa shape index (κ2) is 5.68. The Balaban J connectivity index is 1.51. The Morgan fingerprint density at radius 3 is 3.04 bits per heavy atom. The smallest absolute Gasteiger partial charge is 0.225 e. The number of carbonyl (C=O) groups excluding carboxylic acids is 1. The number of aromatic amines is 1. The Morgan fingerprint density at radius 1 is 1.24 bits per heavy atom. The zero-order valence-corrected chi connectivity index (χ0v) is 13.9. The van der Waals surface area contributed by atoms with E-state index in [0.29, 0.717) is 6.04 Å². The second-order valence-corrected chi connectivity index (χ2v) is 7.05. The predicted octanol–water partition coefficient (Wildman–Crippen LogP) is 2.00. The number of H-pyrrole nitrogens is 1. The first-order chi connectivity index (χ1) is 12.3. The van der Waals surface area contributed by atoms with Gasteiger partial charge in [-0.05, 0) is 31.7 Å². The molecule has 1 unspecified atom stereocenters. The maximum Gasteiger partial charge on any atom is 0.225 e. The molecule has 3 aromatic rings. The van der Waals surface area contributed by atoms with Crippen molar-refractivity contribution >= 4 is 33.5 Å². The molecular weight excluding hydrogens is 316 g/mol. The third-order valence-electron chi connectivity index (χ3n) is 5.22. The molecule has 0 spiro atoms. The van der Waals surface area contributed by atoms with Crippen LogP contribution in [0.1, 0.15) is 25.7 Å². The lowest BCUT2D eigenvalue weighted by Gasteiger charge is -2.34. The number of nitrogens with one attached hydrogen (secondary N) is 2. The number of hydrogen-bond acceptors (Lipinski definition) is 5. The molecule has 2 aliphatic rings. The summed E-state index contributed by atoms with van der Waals surface area (Å²) in [6.07, 6.45) is 9.63. The molecule has 2 fully saturated rings. The maximum absolute atomic E-state index is 12.5. The summed E-state index contributed by atoms with van der Waals surface area (Å²) in [6.45, 7) is 1.67. The summed E-state index contributed by atoms with van der Waals surface area (Å²) in [5.74, 6) is 0.248. The van der Waals surface area contributed by atoms with Crippen LogP contribution in [-0.2, 0) is 4.79 Å². The minimum absolute atomic E-state index is 0.0451. The first-order valence-electron chi connectivity index (χ1n) is 8.92. The molecule has 1 aliphatic carbocycles. The normalized spacial score (nSPS) is 21.0. The van der Waals surface area contributed by atoms with Crippen molar-refractivity contribution in [1.29, 1.82) is 0 Å². The zero-order valence-electron chi connectivity index (χ0n) is 13.9. The van der Waals surface area contributed by atoms with E-state index in [-0.39, 0.29) is 11.8 Å². The van der Waals surface area contributed by atoms with Gasteiger partial charge in [-0.15, -0.1) is 0 Å². The summed E-state index contributed by atoms with van der Waals surface area (Å²) in [5, 5.41) is 12.6. The van der Waals surface area contributed by atoms with E-state index in [9.17, 15) is 4.79 Å². The number of rotatable bonds is 3. The molecule has 5 rings (SSSR count). The van der Waals surface area contributed by atoms with E-state index in [1.807, 2.05) is 12.3 Å². The van der Waals surface area contributed by atoms with Crippen molar-refractivity contribution in [3.63, 3.8) is 0 Å². The van der Waals surface area contributed by atoms with Gasteiger partial charge in [0.15, 0.2) is 5.65 Å². The van der Waals surface area contributed by atoms with Crippen LogP contribution in [0.15, 0.2) is 24.7 Å². The van der Waals surface area contributed by atoms with Gasteiger partial charge in [0.05, 0.1) is 29.5 Å². The van der Waals surface area contributed by atoms with Crippen LogP contribution in [0, 0.1) is 5.92 Å². The monoisotopic (exact) mass is 336 g/mol. The van der Waals surface area contributed by atoms with Crippen molar-refractivity contribution in [2.45, 2.75) is 31.7 Å². The molecule has 1 amide bonds. The summed E-state index contributed by atoms with van der Waals surface area (Å²) >= 11 is 0. The van der Waals surface area contributed by atoms with Crippen molar-refractivity contribution in [2.75, 3.05) is 18.0 Å². The first kappa shape index (κ1) is 14.6. The third-order valence-corrected chi connectivity index (χ3v) is 5.22. The number of fused-ring (bicyclic) bond motifs is 3. The van der Waals surface area contributed by atoms with Gasteiger partial charge in [-0.25, -0.2) is 9.97 Å². The third kappa shape index (κ3) is 2.59. The molecule has 0 bridgehead atoms. The summed E-state index contributed by atoms with van der Waals surface area (Å²) in [6, 6.07) is 2.40. The molecule has 7 heteroatoms. The van der Waals surface area contributed by atoms with E-state index in [1.54, 1.807) is 12.4 Å². The minimum Gasteiger partial charge on any atom is -0.369 e. The average molecular weight is 336 g/mol. The Bertz CT molecular complexity index is 947. The van der Waals surface area contributed by atoms with Crippen LogP contribution in [0.2, 0.25) is 0 Å². The first-order valence-corrected chi connectivity index (χ1v) is 8.92. The van der Waals surface area contributed by atoms with E-state index in [2.05, 4.69) is 30.4 Å². The molecule has 1 aliphatic heterocycles. The minimum atomic E-state index is 0.0451. The molecule has 25 heavy (non-hydrogen) atoms. The number of pyridine rings is 1. The molecule has 0 aromatic carbocycles. The van der Waals surface area contributed by atoms with Gasteiger partial charge >= 0.3 is 0 Å². The van der Waals surface area contributed by atoms with Crippen molar-refractivity contribution in [1.82, 2.24) is 25.5 Å². The Kier molecular flexibility index (Phi) is 3.33. The van der Waals surface area contributed by atoms with Crippen LogP contribution in [0.5, 0.6) is 0 Å². The van der Waals surface area contributed by atoms with Gasteiger partial charge in [-0.3, -0.25) is 9.89 Å². The van der Waals surface area contributed by atoms with E-state index < -0.39 is 0 Å². The Labute approximate surface area is 144 Å². The fourth-order valence-corrected chi connectivity index (χ4v) is 3.74. The van der Waals surface area contributed by atoms with Crippen molar-refractivity contribution in [2.24, 2.45) is 5.92 Å². The largest absolute Gasteiger partial charge is 0.369 e. The number of nitrogens with zero attached hydrogens (tertiary/aromatic N) is 4. The van der Waals surface area contributed by atoms with Crippen LogP contribution in [-0.4, -0.2) is 45.2 Å². The number of carbonyl (C=O) groups is 1. The lowest BCUT2D eigenvalue weighted by Crippen LogP contribution is -2.43. The molecule has 0 radical (unpaired) electrons. The van der Waals surface area contributed by atoms with Crippen LogP contribution < -0.4 is 10.2 Å². The van der Waals surface area contributed by atoms with E-state index in [0.717, 1.165) is 66.4 Å². The Morgan fingerprint density at radius 2 is 2.16 bits per heavy atom. The van der Waals surface area contributed by atoms with Crippen LogP contribution >= 0.6 is 0 Å². The van der Waals surface area contributed by atoms with E-state index >= 15 is 0 Å². The predicted molar refractivity (Wildman–Crippen MR) is 95.3 cm³/mol. The highest BCUT2D eigenvalue weighted by Gasteiger charge is 2.31. The number of amides is 1.